The van der Waals surface area contributed by atoms with Crippen LogP contribution in [0.25, 0.3) is 0 Å². The molecular weight excluding hydrogens is 154 g/mol. The van der Waals surface area contributed by atoms with Gasteiger partial charge in [0.25, 0.3) is 0 Å². The highest BCUT2D eigenvalue weighted by atomic mass is 32.1. The van der Waals surface area contributed by atoms with Crippen LogP contribution in [0.2, 0.25) is 0 Å². The van der Waals surface area contributed by atoms with E-state index in [0.29, 0.717) is 12.0 Å². The zero-order valence-corrected chi connectivity index (χ0v) is 6.84. The molecule has 2 atom stereocenters. The number of hydrogen-bond acceptors (Lipinski definition) is 1. The lowest BCUT2D eigenvalue weighted by Gasteiger charge is -2.23. The van der Waals surface area contributed by atoms with E-state index in [1.165, 1.54) is 0 Å². The van der Waals surface area contributed by atoms with E-state index in [4.69, 9.17) is 12.2 Å². The van der Waals surface area contributed by atoms with Crippen molar-refractivity contribution in [3.05, 3.63) is 36.5 Å². The summed E-state index contributed by atoms with van der Waals surface area (Å²) >= 11 is 5.16. The highest BCUT2D eigenvalue weighted by Crippen LogP contribution is 2.13. The topological polar surface area (TPSA) is 12.0 Å². The second-order valence-corrected chi connectivity index (χ2v) is 3.15. The van der Waals surface area contributed by atoms with E-state index in [1.54, 1.807) is 0 Å². The molecule has 1 nitrogen and oxygen atoms in total. The number of hydrogen-bond donors (Lipinski definition) is 1. The molecule has 11 heavy (non-hydrogen) atoms. The van der Waals surface area contributed by atoms with Gasteiger partial charge in [0, 0.05) is 5.92 Å². The Kier molecular flexibility index (Phi) is 1.62. The maximum atomic E-state index is 5.16. The molecule has 0 saturated carbocycles. The maximum Gasteiger partial charge on any atom is 0.0868 e. The normalized spacial score (nSPS) is 33.3. The average molecular weight is 163 g/mol. The predicted octanol–water partition coefficient (Wildman–Crippen LogP) is 1.58. The van der Waals surface area contributed by atoms with Crippen molar-refractivity contribution >= 4 is 17.2 Å². The number of nitrogens with one attached hydrogen (secondary N) is 1. The van der Waals surface area contributed by atoms with E-state index in [0.717, 1.165) is 4.99 Å². The number of allylic oxidation sites excluding steroid dienone is 2. The summed E-state index contributed by atoms with van der Waals surface area (Å²) in [5.41, 5.74) is 0. The zero-order valence-electron chi connectivity index (χ0n) is 6.03. The van der Waals surface area contributed by atoms with E-state index in [9.17, 15) is 0 Å². The van der Waals surface area contributed by atoms with Gasteiger partial charge in [0.05, 0.1) is 11.0 Å². The molecule has 56 valence electrons. The second-order valence-electron chi connectivity index (χ2n) is 2.71. The van der Waals surface area contributed by atoms with Crippen LogP contribution in [0.1, 0.15) is 0 Å². The molecule has 0 amide bonds. The lowest BCUT2D eigenvalue weighted by Crippen LogP contribution is -2.38. The van der Waals surface area contributed by atoms with Gasteiger partial charge in [-0.1, -0.05) is 48.7 Å². The van der Waals surface area contributed by atoms with E-state index in [1.807, 2.05) is 6.08 Å². The van der Waals surface area contributed by atoms with Crippen molar-refractivity contribution in [3.8, 4) is 0 Å². The van der Waals surface area contributed by atoms with Crippen molar-refractivity contribution in [2.75, 3.05) is 0 Å². The van der Waals surface area contributed by atoms with Crippen LogP contribution in [-0.2, 0) is 0 Å². The molecule has 0 fully saturated rings. The average Bonchev–Trinajstić information content (AvgIpc) is 1.92. The van der Waals surface area contributed by atoms with Gasteiger partial charge in [-0.2, -0.15) is 0 Å². The van der Waals surface area contributed by atoms with Gasteiger partial charge in [0.1, 0.15) is 0 Å². The van der Waals surface area contributed by atoms with Crippen LogP contribution in [0.3, 0.4) is 0 Å². The Morgan fingerprint density at radius 3 is 2.73 bits per heavy atom. The third-order valence-corrected chi connectivity index (χ3v) is 2.28. The van der Waals surface area contributed by atoms with Crippen LogP contribution in [0.4, 0.5) is 0 Å². The fraction of sp³-hybridized carbons (Fsp3) is 0.222. The lowest BCUT2D eigenvalue weighted by molar-refractivity contribution is 0.817. The summed E-state index contributed by atoms with van der Waals surface area (Å²) in [5.74, 6) is 0.311. The first kappa shape index (κ1) is 6.80. The molecule has 2 bridgehead atoms. The zero-order chi connectivity index (χ0) is 7.68. The Balaban J connectivity index is 2.38. The van der Waals surface area contributed by atoms with Gasteiger partial charge < -0.3 is 5.32 Å². The smallest absolute Gasteiger partial charge is 0.0868 e. The van der Waals surface area contributed by atoms with Gasteiger partial charge in [0.2, 0.25) is 0 Å². The lowest BCUT2D eigenvalue weighted by atomic mass is 10.00. The Bertz CT molecular complexity index is 263. The highest BCUT2D eigenvalue weighted by Gasteiger charge is 2.16. The van der Waals surface area contributed by atoms with Crippen LogP contribution in [0.5, 0.6) is 0 Å². The molecule has 0 aromatic carbocycles. The summed E-state index contributed by atoms with van der Waals surface area (Å²) in [6.07, 6.45) is 12.6. The van der Waals surface area contributed by atoms with Crippen LogP contribution in [0.15, 0.2) is 36.5 Å². The summed E-state index contributed by atoms with van der Waals surface area (Å²) < 4.78 is 0. The molecule has 0 radical (unpaired) electrons. The molecular formula is C9H9NS. The molecule has 0 saturated heterocycles. The number of thiocarbonyl (C=S) groups is 1. The minimum absolute atomic E-state index is 0.309. The molecule has 3 rings (SSSR count). The van der Waals surface area contributed by atoms with E-state index in [2.05, 4.69) is 35.7 Å². The van der Waals surface area contributed by atoms with Crippen LogP contribution in [-0.4, -0.2) is 11.0 Å². The number of rotatable bonds is 0. The maximum absolute atomic E-state index is 5.16. The third kappa shape index (κ3) is 1.26. The van der Waals surface area contributed by atoms with Crippen molar-refractivity contribution in [1.82, 2.24) is 5.32 Å². The fourth-order valence-corrected chi connectivity index (χ4v) is 1.56. The van der Waals surface area contributed by atoms with Crippen LogP contribution in [0, 0.1) is 5.92 Å². The summed E-state index contributed by atoms with van der Waals surface area (Å²) in [7, 11) is 0. The Morgan fingerprint density at radius 1 is 1.09 bits per heavy atom. The monoisotopic (exact) mass is 163 g/mol. The molecule has 3 aliphatic rings. The van der Waals surface area contributed by atoms with Crippen molar-refractivity contribution in [3.63, 3.8) is 0 Å². The van der Waals surface area contributed by atoms with Crippen molar-refractivity contribution < 1.29 is 0 Å². The van der Waals surface area contributed by atoms with Gasteiger partial charge in [-0.25, -0.2) is 0 Å². The largest absolute Gasteiger partial charge is 0.369 e. The quantitative estimate of drug-likeness (QED) is 0.430. The van der Waals surface area contributed by atoms with Gasteiger partial charge in [-0.05, 0) is 0 Å². The van der Waals surface area contributed by atoms with Gasteiger partial charge in [0.15, 0.2) is 0 Å². The molecule has 0 aromatic heterocycles. The van der Waals surface area contributed by atoms with Crippen LogP contribution >= 0.6 is 12.2 Å². The van der Waals surface area contributed by atoms with Crippen LogP contribution < -0.4 is 5.32 Å². The molecule has 2 heterocycles. The molecule has 0 spiro atoms. The summed E-state index contributed by atoms with van der Waals surface area (Å²) in [5, 5.41) is 3.22. The van der Waals surface area contributed by atoms with Crippen molar-refractivity contribution in [2.45, 2.75) is 6.04 Å². The predicted molar refractivity (Wildman–Crippen MR) is 50.4 cm³/mol. The van der Waals surface area contributed by atoms with E-state index < -0.39 is 0 Å². The van der Waals surface area contributed by atoms with E-state index in [-0.39, 0.29) is 0 Å². The SMILES string of the molecule is S=C1N[C@H]2C=CC=C[C@H]1C=C2. The van der Waals surface area contributed by atoms with Crippen molar-refractivity contribution in [2.24, 2.45) is 5.92 Å². The van der Waals surface area contributed by atoms with Gasteiger partial charge in [-0.3, -0.25) is 0 Å². The number of fused-ring (bicyclic) bond motifs is 2. The van der Waals surface area contributed by atoms with Gasteiger partial charge in [-0.15, -0.1) is 0 Å². The third-order valence-electron chi connectivity index (χ3n) is 1.89. The Labute approximate surface area is 71.5 Å². The first-order valence-corrected chi connectivity index (χ1v) is 4.11. The summed E-state index contributed by atoms with van der Waals surface area (Å²) in [6.45, 7) is 0. The first-order valence-electron chi connectivity index (χ1n) is 3.70. The fourth-order valence-electron chi connectivity index (χ4n) is 1.27. The molecule has 1 aliphatic carbocycles. The molecule has 2 aliphatic heterocycles. The highest BCUT2D eigenvalue weighted by molar-refractivity contribution is 7.80. The second kappa shape index (κ2) is 2.62. The molecule has 2 heteroatoms. The minimum atomic E-state index is 0.309. The Morgan fingerprint density at radius 2 is 1.91 bits per heavy atom. The standard InChI is InChI=1S/C9H9NS/c11-9-7-3-1-2-4-8(10-9)6-5-7/h1-8H,(H,10,11)/t7-,8-/m0/s1. The molecule has 1 N–H and O–H groups in total. The van der Waals surface area contributed by atoms with E-state index >= 15 is 0 Å². The minimum Gasteiger partial charge on any atom is -0.369 e. The summed E-state index contributed by atoms with van der Waals surface area (Å²) in [4.78, 5) is 0.929. The molecule has 0 unspecified atom stereocenters. The van der Waals surface area contributed by atoms with Crippen molar-refractivity contribution in [1.29, 1.82) is 0 Å². The first-order chi connectivity index (χ1) is 5.36. The Hall–Kier alpha value is -0.890. The molecule has 0 aromatic rings. The summed E-state index contributed by atoms with van der Waals surface area (Å²) in [6, 6.07) is 0.309. The van der Waals surface area contributed by atoms with Gasteiger partial charge >= 0.3 is 0 Å².